The molecule has 6 heteroatoms. The summed E-state index contributed by atoms with van der Waals surface area (Å²) in [5.74, 6) is 0.544. The first-order valence-corrected chi connectivity index (χ1v) is 7.46. The quantitative estimate of drug-likeness (QED) is 0.753. The molecule has 0 fully saturated rings. The molecule has 2 N–H and O–H groups in total. The number of nitrogens with zero attached hydrogens (tertiary/aromatic N) is 3. The number of pyridine rings is 1. The Morgan fingerprint density at radius 1 is 1.26 bits per heavy atom. The van der Waals surface area contributed by atoms with Crippen LogP contribution in [0.25, 0.3) is 16.9 Å². The van der Waals surface area contributed by atoms with Crippen LogP contribution in [0.1, 0.15) is 17.3 Å². The van der Waals surface area contributed by atoms with Gasteiger partial charge in [0.25, 0.3) is 5.91 Å². The molecule has 0 aliphatic heterocycles. The van der Waals surface area contributed by atoms with Gasteiger partial charge < -0.3 is 10.4 Å². The second-order valence-corrected chi connectivity index (χ2v) is 5.51. The Labute approximate surface area is 133 Å². The van der Waals surface area contributed by atoms with Gasteiger partial charge in [-0.1, -0.05) is 19.1 Å². The molecule has 2 aromatic heterocycles. The zero-order valence-corrected chi connectivity index (χ0v) is 12.8. The van der Waals surface area contributed by atoms with Crippen LogP contribution >= 0.6 is 0 Å². The van der Waals surface area contributed by atoms with Crippen molar-refractivity contribution in [2.45, 2.75) is 6.92 Å². The van der Waals surface area contributed by atoms with Crippen molar-refractivity contribution in [2.75, 3.05) is 13.2 Å². The molecule has 3 aromatic rings. The lowest BCUT2D eigenvalue weighted by molar-refractivity contribution is 0.0942. The third-order valence-electron chi connectivity index (χ3n) is 3.63. The molecular formula is C17H18N4O2. The van der Waals surface area contributed by atoms with E-state index in [2.05, 4.69) is 15.3 Å². The minimum atomic E-state index is -0.195. The number of carbonyl (C=O) groups is 1. The lowest BCUT2D eigenvalue weighted by Gasteiger charge is -2.10. The van der Waals surface area contributed by atoms with Crippen LogP contribution in [-0.4, -0.2) is 38.7 Å². The minimum Gasteiger partial charge on any atom is -0.396 e. The number of benzene rings is 1. The summed E-state index contributed by atoms with van der Waals surface area (Å²) in [7, 11) is 0. The summed E-state index contributed by atoms with van der Waals surface area (Å²) < 4.78 is 1.88. The van der Waals surface area contributed by atoms with E-state index in [1.165, 1.54) is 0 Å². The first-order chi connectivity index (χ1) is 11.2. The maximum Gasteiger partial charge on any atom is 0.252 e. The molecule has 1 unspecified atom stereocenters. The van der Waals surface area contributed by atoms with Gasteiger partial charge in [0.15, 0.2) is 0 Å². The van der Waals surface area contributed by atoms with Gasteiger partial charge in [-0.05, 0) is 30.2 Å². The molecule has 0 aliphatic rings. The summed E-state index contributed by atoms with van der Waals surface area (Å²) in [5, 5.41) is 11.7. The zero-order chi connectivity index (χ0) is 16.2. The Bertz CT molecular complexity index is 811. The van der Waals surface area contributed by atoms with Gasteiger partial charge in [0.2, 0.25) is 0 Å². The van der Waals surface area contributed by atoms with Gasteiger partial charge in [0.1, 0.15) is 12.1 Å². The van der Waals surface area contributed by atoms with Crippen molar-refractivity contribution in [3.63, 3.8) is 0 Å². The third kappa shape index (κ3) is 3.22. The van der Waals surface area contributed by atoms with E-state index in [0.29, 0.717) is 17.9 Å². The molecule has 3 rings (SSSR count). The molecule has 0 saturated carbocycles. The Morgan fingerprint density at radius 2 is 2.09 bits per heavy atom. The molecule has 0 bridgehead atoms. The van der Waals surface area contributed by atoms with E-state index >= 15 is 0 Å². The number of fused-ring (bicyclic) bond motifs is 1. The Morgan fingerprint density at radius 3 is 2.83 bits per heavy atom. The highest BCUT2D eigenvalue weighted by atomic mass is 16.3. The highest BCUT2D eigenvalue weighted by molar-refractivity contribution is 5.94. The van der Waals surface area contributed by atoms with Crippen LogP contribution in [0.5, 0.6) is 0 Å². The summed E-state index contributed by atoms with van der Waals surface area (Å²) in [5.41, 5.74) is 2.35. The average molecular weight is 310 g/mol. The normalized spacial score (nSPS) is 12.3. The SMILES string of the molecule is CC(CO)CNC(=O)c1ccc(-n2cnc3ccccc32)nc1. The van der Waals surface area contributed by atoms with E-state index in [-0.39, 0.29) is 18.4 Å². The molecule has 1 amide bonds. The Kier molecular flexibility index (Phi) is 4.34. The fourth-order valence-corrected chi connectivity index (χ4v) is 2.24. The van der Waals surface area contributed by atoms with Crippen molar-refractivity contribution in [1.29, 1.82) is 0 Å². The molecule has 2 heterocycles. The Hall–Kier alpha value is -2.73. The summed E-state index contributed by atoms with van der Waals surface area (Å²) in [6.07, 6.45) is 3.26. The van der Waals surface area contributed by atoms with E-state index in [1.54, 1.807) is 24.7 Å². The molecule has 6 nitrogen and oxygen atoms in total. The summed E-state index contributed by atoms with van der Waals surface area (Å²) in [6, 6.07) is 11.3. The second kappa shape index (κ2) is 6.58. The smallest absolute Gasteiger partial charge is 0.252 e. The molecule has 118 valence electrons. The predicted octanol–water partition coefficient (Wildman–Crippen LogP) is 1.78. The number of amides is 1. The molecule has 23 heavy (non-hydrogen) atoms. The van der Waals surface area contributed by atoms with Crippen molar-refractivity contribution in [3.05, 3.63) is 54.5 Å². The van der Waals surface area contributed by atoms with Crippen LogP contribution in [0.15, 0.2) is 48.9 Å². The highest BCUT2D eigenvalue weighted by Crippen LogP contribution is 2.16. The Balaban J connectivity index is 1.78. The maximum atomic E-state index is 12.0. The number of hydrogen-bond donors (Lipinski definition) is 2. The van der Waals surface area contributed by atoms with E-state index < -0.39 is 0 Å². The number of para-hydroxylation sites is 2. The van der Waals surface area contributed by atoms with Gasteiger partial charge in [-0.15, -0.1) is 0 Å². The van der Waals surface area contributed by atoms with E-state index in [0.717, 1.165) is 11.0 Å². The maximum absolute atomic E-state index is 12.0. The number of aliphatic hydroxyl groups excluding tert-OH is 1. The summed E-state index contributed by atoms with van der Waals surface area (Å²) >= 11 is 0. The van der Waals surface area contributed by atoms with E-state index in [1.807, 2.05) is 35.8 Å². The first kappa shape index (κ1) is 15.2. The van der Waals surface area contributed by atoms with Gasteiger partial charge in [0.05, 0.1) is 16.6 Å². The van der Waals surface area contributed by atoms with Crippen molar-refractivity contribution < 1.29 is 9.90 Å². The molecule has 1 atom stereocenters. The van der Waals surface area contributed by atoms with Crippen molar-refractivity contribution in [3.8, 4) is 5.82 Å². The molecule has 1 aromatic carbocycles. The number of carbonyl (C=O) groups excluding carboxylic acids is 1. The fraction of sp³-hybridized carbons (Fsp3) is 0.235. The summed E-state index contributed by atoms with van der Waals surface area (Å²) in [6.45, 7) is 2.35. The lowest BCUT2D eigenvalue weighted by atomic mass is 10.2. The van der Waals surface area contributed by atoms with Crippen molar-refractivity contribution in [2.24, 2.45) is 5.92 Å². The average Bonchev–Trinajstić information content (AvgIpc) is 3.03. The monoisotopic (exact) mass is 310 g/mol. The summed E-state index contributed by atoms with van der Waals surface area (Å²) in [4.78, 5) is 20.7. The van der Waals surface area contributed by atoms with Crippen LogP contribution < -0.4 is 5.32 Å². The van der Waals surface area contributed by atoms with Gasteiger partial charge in [-0.3, -0.25) is 9.36 Å². The van der Waals surface area contributed by atoms with Gasteiger partial charge >= 0.3 is 0 Å². The molecule has 0 saturated heterocycles. The van der Waals surface area contributed by atoms with Crippen LogP contribution in [0, 0.1) is 5.92 Å². The lowest BCUT2D eigenvalue weighted by Crippen LogP contribution is -2.29. The van der Waals surface area contributed by atoms with Gasteiger partial charge in [-0.2, -0.15) is 0 Å². The van der Waals surface area contributed by atoms with Gasteiger partial charge in [-0.25, -0.2) is 9.97 Å². The number of nitrogens with one attached hydrogen (secondary N) is 1. The molecule has 0 aliphatic carbocycles. The van der Waals surface area contributed by atoms with Crippen LogP contribution in [0.4, 0.5) is 0 Å². The topological polar surface area (TPSA) is 80.0 Å². The number of hydrogen-bond acceptors (Lipinski definition) is 4. The van der Waals surface area contributed by atoms with E-state index in [9.17, 15) is 4.79 Å². The van der Waals surface area contributed by atoms with Crippen LogP contribution in [0.3, 0.4) is 0 Å². The van der Waals surface area contributed by atoms with Crippen molar-refractivity contribution in [1.82, 2.24) is 19.9 Å². The standard InChI is InChI=1S/C17H18N4O2/c1-12(10-22)8-19-17(23)13-6-7-16(18-9-13)21-11-20-14-4-2-3-5-15(14)21/h2-7,9,11-12,22H,8,10H2,1H3,(H,19,23). The van der Waals surface area contributed by atoms with Crippen LogP contribution in [0.2, 0.25) is 0 Å². The minimum absolute atomic E-state index is 0.0310. The second-order valence-electron chi connectivity index (χ2n) is 5.51. The first-order valence-electron chi connectivity index (χ1n) is 7.46. The predicted molar refractivity (Wildman–Crippen MR) is 87.4 cm³/mol. The molecule has 0 radical (unpaired) electrons. The highest BCUT2D eigenvalue weighted by Gasteiger charge is 2.09. The largest absolute Gasteiger partial charge is 0.396 e. The van der Waals surface area contributed by atoms with Gasteiger partial charge in [0, 0.05) is 19.3 Å². The van der Waals surface area contributed by atoms with E-state index in [4.69, 9.17) is 5.11 Å². The van der Waals surface area contributed by atoms with Crippen molar-refractivity contribution >= 4 is 16.9 Å². The number of aromatic nitrogens is 3. The molecule has 0 spiro atoms. The molecular weight excluding hydrogens is 292 g/mol. The fourth-order valence-electron chi connectivity index (χ4n) is 2.24. The third-order valence-corrected chi connectivity index (χ3v) is 3.63. The number of aliphatic hydroxyl groups is 1. The van der Waals surface area contributed by atoms with Crippen LogP contribution in [-0.2, 0) is 0 Å². The zero-order valence-electron chi connectivity index (χ0n) is 12.8. The number of rotatable bonds is 5. The number of imidazole rings is 1.